The Morgan fingerprint density at radius 1 is 1.23 bits per heavy atom. The molecule has 2 unspecified atom stereocenters. The number of aryl methyl sites for hydroxylation is 1. The maximum Gasteiger partial charge on any atom is 0.287 e. The number of carbonyl (C=O) groups is 1. The predicted molar refractivity (Wildman–Crippen MR) is 88.6 cm³/mol. The van der Waals surface area contributed by atoms with Crippen molar-refractivity contribution in [1.29, 1.82) is 0 Å². The molecule has 1 aromatic heterocycles. The number of rotatable bonds is 2. The molecule has 0 spiro atoms. The minimum atomic E-state index is -0.0741. The third-order valence-corrected chi connectivity index (χ3v) is 4.86. The second kappa shape index (κ2) is 5.94. The van der Waals surface area contributed by atoms with Crippen LogP contribution in [0.1, 0.15) is 41.8 Å². The summed E-state index contributed by atoms with van der Waals surface area (Å²) >= 11 is 0. The average Bonchev–Trinajstić information content (AvgIpc) is 3.00. The van der Waals surface area contributed by atoms with Gasteiger partial charge in [0, 0.05) is 29.1 Å². The highest BCUT2D eigenvalue weighted by Crippen LogP contribution is 2.28. The Bertz CT molecular complexity index is 685. The van der Waals surface area contributed by atoms with Crippen LogP contribution in [0.5, 0.6) is 0 Å². The lowest BCUT2D eigenvalue weighted by atomic mass is 9.99. The second-order valence-corrected chi connectivity index (χ2v) is 6.33. The molecule has 2 saturated heterocycles. The number of fused-ring (bicyclic) bond motifs is 3. The van der Waals surface area contributed by atoms with Crippen LogP contribution < -0.4 is 10.6 Å². The van der Waals surface area contributed by atoms with Gasteiger partial charge in [-0.3, -0.25) is 4.79 Å². The third kappa shape index (κ3) is 2.61. The molecule has 0 aliphatic carbocycles. The van der Waals surface area contributed by atoms with Gasteiger partial charge in [0.1, 0.15) is 5.58 Å². The van der Waals surface area contributed by atoms with Crippen molar-refractivity contribution in [2.45, 2.75) is 50.7 Å². The fourth-order valence-corrected chi connectivity index (χ4v) is 3.82. The molecule has 1 amide bonds. The summed E-state index contributed by atoms with van der Waals surface area (Å²) in [7, 11) is 0. The molecule has 5 heteroatoms. The summed E-state index contributed by atoms with van der Waals surface area (Å²) in [5.41, 5.74) is 1.71. The van der Waals surface area contributed by atoms with Crippen molar-refractivity contribution in [2.24, 2.45) is 0 Å². The van der Waals surface area contributed by atoms with Crippen LogP contribution in [0.2, 0.25) is 0 Å². The first-order valence-electron chi connectivity index (χ1n) is 7.76. The van der Waals surface area contributed by atoms with Crippen molar-refractivity contribution in [3.05, 3.63) is 35.6 Å². The van der Waals surface area contributed by atoms with E-state index in [0.29, 0.717) is 17.8 Å². The molecule has 2 fully saturated rings. The standard InChI is InChI=1S/C17H20N2O2.ClH/c1-10-14-4-2-3-5-15(14)21-16(10)17(20)19-13-8-11-6-7-12(9-13)18-11;/h2-5,11-13,18H,6-9H2,1H3,(H,19,20);1H. The summed E-state index contributed by atoms with van der Waals surface area (Å²) in [5, 5.41) is 7.78. The van der Waals surface area contributed by atoms with E-state index in [9.17, 15) is 4.79 Å². The number of hydrogen-bond donors (Lipinski definition) is 2. The first-order valence-corrected chi connectivity index (χ1v) is 7.76. The quantitative estimate of drug-likeness (QED) is 0.893. The highest BCUT2D eigenvalue weighted by Gasteiger charge is 2.34. The van der Waals surface area contributed by atoms with E-state index >= 15 is 0 Å². The zero-order valence-corrected chi connectivity index (χ0v) is 13.4. The van der Waals surface area contributed by atoms with Gasteiger partial charge in [0.25, 0.3) is 5.91 Å². The van der Waals surface area contributed by atoms with E-state index in [4.69, 9.17) is 4.42 Å². The van der Waals surface area contributed by atoms with Gasteiger partial charge in [0.2, 0.25) is 0 Å². The summed E-state index contributed by atoms with van der Waals surface area (Å²) in [5.74, 6) is 0.386. The lowest BCUT2D eigenvalue weighted by Crippen LogP contribution is -2.48. The van der Waals surface area contributed by atoms with Crippen molar-refractivity contribution in [3.63, 3.8) is 0 Å². The molecule has 2 N–H and O–H groups in total. The fourth-order valence-electron chi connectivity index (χ4n) is 3.82. The van der Waals surface area contributed by atoms with E-state index < -0.39 is 0 Å². The van der Waals surface area contributed by atoms with E-state index in [0.717, 1.165) is 29.4 Å². The molecule has 2 bridgehead atoms. The molecule has 4 rings (SSSR count). The number of piperidine rings is 1. The van der Waals surface area contributed by atoms with Crippen LogP contribution in [-0.4, -0.2) is 24.0 Å². The zero-order valence-electron chi connectivity index (χ0n) is 12.6. The molecule has 2 atom stereocenters. The maximum atomic E-state index is 12.5. The number of nitrogens with one attached hydrogen (secondary N) is 2. The zero-order chi connectivity index (χ0) is 14.4. The van der Waals surface area contributed by atoms with Gasteiger partial charge in [-0.1, -0.05) is 18.2 Å². The Balaban J connectivity index is 0.00000144. The van der Waals surface area contributed by atoms with Crippen LogP contribution in [-0.2, 0) is 0 Å². The van der Waals surface area contributed by atoms with Crippen LogP contribution in [0.4, 0.5) is 0 Å². The van der Waals surface area contributed by atoms with E-state index in [2.05, 4.69) is 10.6 Å². The van der Waals surface area contributed by atoms with Crippen LogP contribution in [0, 0.1) is 6.92 Å². The molecule has 0 radical (unpaired) electrons. The molecule has 2 aliphatic rings. The van der Waals surface area contributed by atoms with Crippen LogP contribution >= 0.6 is 12.4 Å². The highest BCUT2D eigenvalue weighted by atomic mass is 35.5. The topological polar surface area (TPSA) is 54.3 Å². The molecular weight excluding hydrogens is 300 g/mol. The Hall–Kier alpha value is -1.52. The lowest BCUT2D eigenvalue weighted by molar-refractivity contribution is 0.0897. The van der Waals surface area contributed by atoms with E-state index in [1.807, 2.05) is 31.2 Å². The fraction of sp³-hybridized carbons (Fsp3) is 0.471. The molecule has 22 heavy (non-hydrogen) atoms. The number of benzene rings is 1. The van der Waals surface area contributed by atoms with Crippen molar-refractivity contribution in [3.8, 4) is 0 Å². The largest absolute Gasteiger partial charge is 0.451 e. The number of halogens is 1. The van der Waals surface area contributed by atoms with Gasteiger partial charge in [-0.05, 0) is 38.7 Å². The summed E-state index contributed by atoms with van der Waals surface area (Å²) in [6, 6.07) is 9.22. The predicted octanol–water partition coefficient (Wildman–Crippen LogP) is 3.18. The Morgan fingerprint density at radius 2 is 1.91 bits per heavy atom. The molecule has 118 valence electrons. The summed E-state index contributed by atoms with van der Waals surface area (Å²) in [4.78, 5) is 12.5. The first-order chi connectivity index (χ1) is 10.2. The van der Waals surface area contributed by atoms with Gasteiger partial charge in [-0.2, -0.15) is 0 Å². The van der Waals surface area contributed by atoms with Crippen LogP contribution in [0.25, 0.3) is 11.0 Å². The van der Waals surface area contributed by atoms with E-state index in [1.165, 1.54) is 12.8 Å². The van der Waals surface area contributed by atoms with Gasteiger partial charge < -0.3 is 15.1 Å². The normalized spacial score (nSPS) is 26.7. The van der Waals surface area contributed by atoms with Gasteiger partial charge in [-0.15, -0.1) is 12.4 Å². The maximum absolute atomic E-state index is 12.5. The third-order valence-electron chi connectivity index (χ3n) is 4.86. The molecule has 2 aliphatic heterocycles. The van der Waals surface area contributed by atoms with Gasteiger partial charge in [-0.25, -0.2) is 0 Å². The van der Waals surface area contributed by atoms with Gasteiger partial charge >= 0.3 is 0 Å². The van der Waals surface area contributed by atoms with Crippen molar-refractivity contribution < 1.29 is 9.21 Å². The summed E-state index contributed by atoms with van der Waals surface area (Å²) in [6.07, 6.45) is 4.53. The Labute approximate surface area is 136 Å². The van der Waals surface area contributed by atoms with Crippen molar-refractivity contribution in [1.82, 2.24) is 10.6 Å². The molecular formula is C17H21ClN2O2. The average molecular weight is 321 g/mol. The van der Waals surface area contributed by atoms with E-state index in [1.54, 1.807) is 0 Å². The van der Waals surface area contributed by atoms with Crippen molar-refractivity contribution >= 4 is 29.3 Å². The minimum Gasteiger partial charge on any atom is -0.451 e. The molecule has 0 saturated carbocycles. The van der Waals surface area contributed by atoms with Crippen molar-refractivity contribution in [2.75, 3.05) is 0 Å². The van der Waals surface area contributed by atoms with Gasteiger partial charge in [0.05, 0.1) is 0 Å². The number of para-hydroxylation sites is 1. The number of carbonyl (C=O) groups excluding carboxylic acids is 1. The smallest absolute Gasteiger partial charge is 0.287 e. The monoisotopic (exact) mass is 320 g/mol. The molecule has 2 aromatic rings. The van der Waals surface area contributed by atoms with Crippen LogP contribution in [0.3, 0.4) is 0 Å². The highest BCUT2D eigenvalue weighted by molar-refractivity contribution is 5.99. The minimum absolute atomic E-state index is 0. The number of furan rings is 1. The first kappa shape index (κ1) is 15.4. The molecule has 4 nitrogen and oxygen atoms in total. The lowest BCUT2D eigenvalue weighted by Gasteiger charge is -2.29. The summed E-state index contributed by atoms with van der Waals surface area (Å²) in [6.45, 7) is 1.95. The second-order valence-electron chi connectivity index (χ2n) is 6.33. The van der Waals surface area contributed by atoms with Gasteiger partial charge in [0.15, 0.2) is 5.76 Å². The molecule has 3 heterocycles. The molecule has 1 aromatic carbocycles. The SMILES string of the molecule is Cc1c(C(=O)NC2CC3CCC(C2)N3)oc2ccccc12.Cl. The number of amides is 1. The number of hydrogen-bond acceptors (Lipinski definition) is 3. The van der Waals surface area contributed by atoms with Crippen LogP contribution in [0.15, 0.2) is 28.7 Å². The Kier molecular flexibility index (Phi) is 4.15. The van der Waals surface area contributed by atoms with E-state index in [-0.39, 0.29) is 24.4 Å². The summed E-state index contributed by atoms with van der Waals surface area (Å²) < 4.78 is 5.74. The Morgan fingerprint density at radius 3 is 2.59 bits per heavy atom.